The predicted molar refractivity (Wildman–Crippen MR) is 71.9 cm³/mol. The second-order valence-electron chi connectivity index (χ2n) is 4.81. The van der Waals surface area contributed by atoms with Gasteiger partial charge < -0.3 is 10.2 Å². The van der Waals surface area contributed by atoms with Crippen molar-refractivity contribution in [3.63, 3.8) is 0 Å². The summed E-state index contributed by atoms with van der Waals surface area (Å²) in [5, 5.41) is 2.77. The van der Waals surface area contributed by atoms with Crippen LogP contribution >= 0.6 is 0 Å². The Morgan fingerprint density at radius 1 is 1.37 bits per heavy atom. The van der Waals surface area contributed by atoms with Crippen LogP contribution in [0, 0.1) is 12.3 Å². The second-order valence-corrected chi connectivity index (χ2v) is 4.81. The van der Waals surface area contributed by atoms with Crippen molar-refractivity contribution in [1.29, 1.82) is 0 Å². The lowest BCUT2D eigenvalue weighted by Gasteiger charge is -2.41. The van der Waals surface area contributed by atoms with Crippen molar-refractivity contribution in [3.05, 3.63) is 35.9 Å². The lowest BCUT2D eigenvalue weighted by atomic mass is 9.88. The summed E-state index contributed by atoms with van der Waals surface area (Å²) in [4.78, 5) is 25.9. The van der Waals surface area contributed by atoms with Gasteiger partial charge in [-0.05, 0) is 19.4 Å². The molecule has 4 heteroatoms. The second kappa shape index (κ2) is 4.77. The maximum atomic E-state index is 12.6. The molecule has 19 heavy (non-hydrogen) atoms. The first-order valence-electron chi connectivity index (χ1n) is 6.13. The lowest BCUT2D eigenvalue weighted by molar-refractivity contribution is -0.150. The minimum atomic E-state index is -1.05. The number of terminal acetylenes is 1. The summed E-state index contributed by atoms with van der Waals surface area (Å²) >= 11 is 0. The van der Waals surface area contributed by atoms with Crippen LogP contribution in [0.3, 0.4) is 0 Å². The Labute approximate surface area is 112 Å². The molecule has 1 fully saturated rings. The molecule has 1 saturated heterocycles. The molecule has 2 unspecified atom stereocenters. The predicted octanol–water partition coefficient (Wildman–Crippen LogP) is 0.882. The van der Waals surface area contributed by atoms with E-state index >= 15 is 0 Å². The first-order chi connectivity index (χ1) is 8.99. The van der Waals surface area contributed by atoms with Gasteiger partial charge in [-0.2, -0.15) is 0 Å². The van der Waals surface area contributed by atoms with E-state index in [9.17, 15) is 9.59 Å². The Bertz CT molecular complexity index is 547. The lowest BCUT2D eigenvalue weighted by Crippen LogP contribution is -2.64. The number of carbonyl (C=O) groups excluding carboxylic acids is 2. The van der Waals surface area contributed by atoms with Gasteiger partial charge in [0.05, 0.1) is 6.04 Å². The number of nitrogens with one attached hydrogen (secondary N) is 1. The molecule has 2 rings (SSSR count). The number of hydrogen-bond donors (Lipinski definition) is 1. The summed E-state index contributed by atoms with van der Waals surface area (Å²) in [6.07, 6.45) is 5.36. The molecule has 4 nitrogen and oxygen atoms in total. The summed E-state index contributed by atoms with van der Waals surface area (Å²) in [7, 11) is 0. The molecule has 2 atom stereocenters. The van der Waals surface area contributed by atoms with Crippen molar-refractivity contribution in [2.24, 2.45) is 0 Å². The minimum Gasteiger partial charge on any atom is -0.337 e. The number of piperazine rings is 1. The molecule has 1 heterocycles. The van der Waals surface area contributed by atoms with Crippen molar-refractivity contribution in [3.8, 4) is 12.3 Å². The number of nitrogens with zero attached hydrogens (tertiary/aromatic N) is 1. The van der Waals surface area contributed by atoms with Crippen LogP contribution in [0.2, 0.25) is 0 Å². The highest BCUT2D eigenvalue weighted by atomic mass is 16.2. The molecule has 1 aromatic carbocycles. The van der Waals surface area contributed by atoms with Crippen LogP contribution in [0.5, 0.6) is 0 Å². The number of carbonyl (C=O) groups is 2. The van der Waals surface area contributed by atoms with E-state index in [4.69, 9.17) is 6.42 Å². The van der Waals surface area contributed by atoms with Gasteiger partial charge >= 0.3 is 0 Å². The van der Waals surface area contributed by atoms with Gasteiger partial charge in [-0.1, -0.05) is 36.3 Å². The van der Waals surface area contributed by atoms with E-state index in [0.717, 1.165) is 5.56 Å². The van der Waals surface area contributed by atoms with E-state index < -0.39 is 11.6 Å². The van der Waals surface area contributed by atoms with Crippen molar-refractivity contribution >= 4 is 11.8 Å². The highest BCUT2D eigenvalue weighted by molar-refractivity contribution is 5.98. The van der Waals surface area contributed by atoms with Gasteiger partial charge in [-0.3, -0.25) is 9.59 Å². The molecule has 0 aromatic heterocycles. The van der Waals surface area contributed by atoms with Gasteiger partial charge in [0.1, 0.15) is 12.1 Å². The zero-order valence-corrected chi connectivity index (χ0v) is 11.0. The normalized spacial score (nSPS) is 24.6. The molecular weight excluding hydrogens is 240 g/mol. The Morgan fingerprint density at radius 2 is 2.00 bits per heavy atom. The highest BCUT2D eigenvalue weighted by Gasteiger charge is 2.45. The quantitative estimate of drug-likeness (QED) is 0.799. The summed E-state index contributed by atoms with van der Waals surface area (Å²) in [6.45, 7) is 3.45. The SMILES string of the molecule is C#CC(C)N1CC(=O)NC(C)(c2ccccc2)C1=O. The van der Waals surface area contributed by atoms with E-state index in [1.165, 1.54) is 4.90 Å². The monoisotopic (exact) mass is 256 g/mol. The number of benzene rings is 1. The number of hydrogen-bond acceptors (Lipinski definition) is 2. The van der Waals surface area contributed by atoms with Crippen molar-refractivity contribution in [2.45, 2.75) is 25.4 Å². The van der Waals surface area contributed by atoms with E-state index in [0.29, 0.717) is 0 Å². The molecule has 1 aliphatic rings. The molecule has 1 N–H and O–H groups in total. The molecule has 1 aliphatic heterocycles. The van der Waals surface area contributed by atoms with E-state index in [1.54, 1.807) is 13.8 Å². The largest absolute Gasteiger partial charge is 0.337 e. The van der Waals surface area contributed by atoms with Crippen LogP contribution < -0.4 is 5.32 Å². The first-order valence-corrected chi connectivity index (χ1v) is 6.13. The van der Waals surface area contributed by atoms with E-state index in [1.807, 2.05) is 30.3 Å². The summed E-state index contributed by atoms with van der Waals surface area (Å²) < 4.78 is 0. The fourth-order valence-corrected chi connectivity index (χ4v) is 2.26. The fourth-order valence-electron chi connectivity index (χ4n) is 2.26. The van der Waals surface area contributed by atoms with Crippen LogP contribution in [0.1, 0.15) is 19.4 Å². The third-order valence-corrected chi connectivity index (χ3v) is 3.45. The zero-order chi connectivity index (χ0) is 14.0. The Balaban J connectivity index is 2.43. The van der Waals surface area contributed by atoms with Gasteiger partial charge in [0, 0.05) is 0 Å². The summed E-state index contributed by atoms with van der Waals surface area (Å²) in [6, 6.07) is 8.78. The van der Waals surface area contributed by atoms with Crippen LogP contribution in [0.15, 0.2) is 30.3 Å². The smallest absolute Gasteiger partial charge is 0.254 e. The highest BCUT2D eigenvalue weighted by Crippen LogP contribution is 2.27. The average molecular weight is 256 g/mol. The first kappa shape index (κ1) is 13.2. The average Bonchev–Trinajstić information content (AvgIpc) is 2.43. The molecule has 0 saturated carbocycles. The molecule has 0 bridgehead atoms. The maximum absolute atomic E-state index is 12.6. The van der Waals surface area contributed by atoms with Crippen LogP contribution in [0.25, 0.3) is 0 Å². The zero-order valence-electron chi connectivity index (χ0n) is 11.0. The van der Waals surface area contributed by atoms with E-state index in [2.05, 4.69) is 11.2 Å². The molecular formula is C15H16N2O2. The van der Waals surface area contributed by atoms with Gasteiger partial charge in [-0.15, -0.1) is 6.42 Å². The van der Waals surface area contributed by atoms with Crippen molar-refractivity contribution in [2.75, 3.05) is 6.54 Å². The Morgan fingerprint density at radius 3 is 2.58 bits per heavy atom. The number of rotatable bonds is 2. The maximum Gasteiger partial charge on any atom is 0.254 e. The standard InChI is InChI=1S/C15H16N2O2/c1-4-11(2)17-10-13(18)16-15(3,14(17)19)12-8-6-5-7-9-12/h1,5-9,11H,10H2,2-3H3,(H,16,18). The van der Waals surface area contributed by atoms with Gasteiger partial charge in [0.15, 0.2) is 0 Å². The van der Waals surface area contributed by atoms with Crippen molar-refractivity contribution < 1.29 is 9.59 Å². The third-order valence-electron chi connectivity index (χ3n) is 3.45. The van der Waals surface area contributed by atoms with Gasteiger partial charge in [0.25, 0.3) is 5.91 Å². The molecule has 1 aromatic rings. The molecule has 0 radical (unpaired) electrons. The fraction of sp³-hybridized carbons (Fsp3) is 0.333. The molecule has 2 amide bonds. The van der Waals surface area contributed by atoms with Crippen LogP contribution in [-0.2, 0) is 15.1 Å². The van der Waals surface area contributed by atoms with Gasteiger partial charge in [0.2, 0.25) is 5.91 Å². The van der Waals surface area contributed by atoms with Crippen LogP contribution in [0.4, 0.5) is 0 Å². The Kier molecular flexibility index (Phi) is 3.30. The summed E-state index contributed by atoms with van der Waals surface area (Å²) in [5.41, 5.74) is -0.302. The van der Waals surface area contributed by atoms with Gasteiger partial charge in [-0.25, -0.2) is 0 Å². The Hall–Kier alpha value is -2.28. The number of amides is 2. The third kappa shape index (κ3) is 2.19. The molecule has 98 valence electrons. The van der Waals surface area contributed by atoms with Crippen molar-refractivity contribution in [1.82, 2.24) is 10.2 Å². The minimum absolute atomic E-state index is 0.00657. The molecule has 0 spiro atoms. The van der Waals surface area contributed by atoms with Crippen LogP contribution in [-0.4, -0.2) is 29.3 Å². The topological polar surface area (TPSA) is 49.4 Å². The molecule has 0 aliphatic carbocycles. The summed E-state index contributed by atoms with van der Waals surface area (Å²) in [5.74, 6) is 2.12. The van der Waals surface area contributed by atoms with E-state index in [-0.39, 0.29) is 18.4 Å².